The van der Waals surface area contributed by atoms with Crippen molar-refractivity contribution in [3.05, 3.63) is 53.4 Å². The molecule has 0 fully saturated rings. The molecule has 124 valence electrons. The molecule has 6 nitrogen and oxygen atoms in total. The van der Waals surface area contributed by atoms with Gasteiger partial charge in [-0.1, -0.05) is 35.5 Å². The van der Waals surface area contributed by atoms with Crippen LogP contribution in [0.5, 0.6) is 0 Å². The standard InChI is InChI=1S/C16H20N2O4S/c1-12-10-15(22-18-12)11-23(20,21)13(2)16(19)17-9-8-14-6-4-3-5-7-14/h3-7,10,13H,8-9,11H2,1-2H3,(H,17,19)/t13-/m1/s1. The fourth-order valence-corrected chi connectivity index (χ4v) is 3.28. The molecule has 7 heteroatoms. The summed E-state index contributed by atoms with van der Waals surface area (Å²) in [5, 5.41) is 5.18. The van der Waals surface area contributed by atoms with Crippen molar-refractivity contribution in [3.8, 4) is 0 Å². The van der Waals surface area contributed by atoms with Crippen molar-refractivity contribution in [2.45, 2.75) is 31.3 Å². The zero-order valence-electron chi connectivity index (χ0n) is 13.2. The molecule has 1 atom stereocenters. The van der Waals surface area contributed by atoms with Crippen molar-refractivity contribution in [1.29, 1.82) is 0 Å². The maximum atomic E-state index is 12.2. The highest BCUT2D eigenvalue weighted by molar-refractivity contribution is 7.92. The quantitative estimate of drug-likeness (QED) is 0.830. The van der Waals surface area contributed by atoms with Gasteiger partial charge in [0.15, 0.2) is 15.6 Å². The summed E-state index contributed by atoms with van der Waals surface area (Å²) in [5.41, 5.74) is 1.69. The van der Waals surface area contributed by atoms with E-state index in [2.05, 4.69) is 10.5 Å². The second kappa shape index (κ2) is 7.41. The molecule has 1 aromatic carbocycles. The third-order valence-electron chi connectivity index (χ3n) is 3.48. The number of hydrogen-bond donors (Lipinski definition) is 1. The summed E-state index contributed by atoms with van der Waals surface area (Å²) >= 11 is 0. The Hall–Kier alpha value is -2.15. The highest BCUT2D eigenvalue weighted by Crippen LogP contribution is 2.12. The van der Waals surface area contributed by atoms with E-state index in [1.807, 2.05) is 30.3 Å². The molecule has 0 bridgehead atoms. The van der Waals surface area contributed by atoms with Gasteiger partial charge in [-0.2, -0.15) is 0 Å². The molecule has 0 aliphatic heterocycles. The van der Waals surface area contributed by atoms with Crippen LogP contribution in [0.2, 0.25) is 0 Å². The first-order valence-electron chi connectivity index (χ1n) is 7.34. The van der Waals surface area contributed by atoms with Crippen LogP contribution in [0, 0.1) is 6.92 Å². The lowest BCUT2D eigenvalue weighted by molar-refractivity contribution is -0.120. The predicted octanol–water partition coefficient (Wildman–Crippen LogP) is 1.65. The van der Waals surface area contributed by atoms with E-state index in [9.17, 15) is 13.2 Å². The third-order valence-corrected chi connectivity index (χ3v) is 5.46. The van der Waals surface area contributed by atoms with Crippen LogP contribution in [0.15, 0.2) is 40.9 Å². The summed E-state index contributed by atoms with van der Waals surface area (Å²) < 4.78 is 29.4. The summed E-state index contributed by atoms with van der Waals surface area (Å²) in [4.78, 5) is 12.0. The lowest BCUT2D eigenvalue weighted by Crippen LogP contribution is -2.39. The van der Waals surface area contributed by atoms with Gasteiger partial charge in [0.05, 0.1) is 5.69 Å². The average molecular weight is 336 g/mol. The van der Waals surface area contributed by atoms with Crippen molar-refractivity contribution in [3.63, 3.8) is 0 Å². The number of carbonyl (C=O) groups is 1. The van der Waals surface area contributed by atoms with E-state index in [0.29, 0.717) is 18.7 Å². The minimum atomic E-state index is -3.64. The van der Waals surface area contributed by atoms with Gasteiger partial charge in [-0.3, -0.25) is 4.79 Å². The summed E-state index contributed by atoms with van der Waals surface area (Å²) in [7, 11) is -3.64. The maximum Gasteiger partial charge on any atom is 0.238 e. The number of aromatic nitrogens is 1. The van der Waals surface area contributed by atoms with Gasteiger partial charge < -0.3 is 9.84 Å². The van der Waals surface area contributed by atoms with Crippen molar-refractivity contribution in [2.75, 3.05) is 6.54 Å². The lowest BCUT2D eigenvalue weighted by Gasteiger charge is -2.12. The van der Waals surface area contributed by atoms with Crippen molar-refractivity contribution in [2.24, 2.45) is 0 Å². The summed E-state index contributed by atoms with van der Waals surface area (Å²) in [6, 6.07) is 11.2. The first-order chi connectivity index (χ1) is 10.9. The maximum absolute atomic E-state index is 12.2. The zero-order chi connectivity index (χ0) is 16.9. The topological polar surface area (TPSA) is 89.3 Å². The highest BCUT2D eigenvalue weighted by atomic mass is 32.2. The first kappa shape index (κ1) is 17.2. The van der Waals surface area contributed by atoms with Gasteiger partial charge in [-0.05, 0) is 25.8 Å². The smallest absolute Gasteiger partial charge is 0.238 e. The van der Waals surface area contributed by atoms with Crippen LogP contribution in [0.4, 0.5) is 0 Å². The number of nitrogens with one attached hydrogen (secondary N) is 1. The van der Waals surface area contributed by atoms with E-state index in [1.54, 1.807) is 13.0 Å². The Morgan fingerprint density at radius 1 is 1.30 bits per heavy atom. The van der Waals surface area contributed by atoms with Crippen LogP contribution in [-0.2, 0) is 26.8 Å². The van der Waals surface area contributed by atoms with Gasteiger partial charge in [-0.25, -0.2) is 8.42 Å². The van der Waals surface area contributed by atoms with E-state index < -0.39 is 21.0 Å². The number of rotatable bonds is 7. The fourth-order valence-electron chi connectivity index (χ4n) is 2.09. The molecule has 23 heavy (non-hydrogen) atoms. The lowest BCUT2D eigenvalue weighted by atomic mass is 10.1. The molecule has 1 amide bonds. The molecule has 0 aliphatic rings. The minimum Gasteiger partial charge on any atom is -0.360 e. The van der Waals surface area contributed by atoms with Gasteiger partial charge in [0.25, 0.3) is 0 Å². The van der Waals surface area contributed by atoms with Gasteiger partial charge in [0, 0.05) is 12.6 Å². The van der Waals surface area contributed by atoms with E-state index in [1.165, 1.54) is 6.92 Å². The molecular formula is C16H20N2O4S. The van der Waals surface area contributed by atoms with E-state index >= 15 is 0 Å². The van der Waals surface area contributed by atoms with Crippen LogP contribution in [0.25, 0.3) is 0 Å². The molecule has 0 radical (unpaired) electrons. The predicted molar refractivity (Wildman–Crippen MR) is 86.5 cm³/mol. The Bertz CT molecular complexity index is 753. The molecule has 0 unspecified atom stereocenters. The van der Waals surface area contributed by atoms with E-state index in [4.69, 9.17) is 4.52 Å². The first-order valence-corrected chi connectivity index (χ1v) is 9.05. The van der Waals surface area contributed by atoms with Crippen molar-refractivity contribution in [1.82, 2.24) is 10.5 Å². The summed E-state index contributed by atoms with van der Waals surface area (Å²) in [6.07, 6.45) is 0.653. The Morgan fingerprint density at radius 3 is 2.61 bits per heavy atom. The normalized spacial score (nSPS) is 12.8. The number of amides is 1. The van der Waals surface area contributed by atoms with Crippen LogP contribution < -0.4 is 5.32 Å². The third kappa shape index (κ3) is 4.92. The van der Waals surface area contributed by atoms with E-state index in [-0.39, 0.29) is 11.5 Å². The number of carbonyl (C=O) groups excluding carboxylic acids is 1. The summed E-state index contributed by atoms with van der Waals surface area (Å²) in [5.74, 6) is -0.593. The minimum absolute atomic E-state index is 0.242. The molecule has 0 saturated carbocycles. The Kier molecular flexibility index (Phi) is 5.54. The Morgan fingerprint density at radius 2 is 2.00 bits per heavy atom. The number of sulfone groups is 1. The molecule has 2 rings (SSSR count). The monoisotopic (exact) mass is 336 g/mol. The van der Waals surface area contributed by atoms with Crippen molar-refractivity contribution < 1.29 is 17.7 Å². The van der Waals surface area contributed by atoms with Crippen LogP contribution in [0.1, 0.15) is 23.9 Å². The van der Waals surface area contributed by atoms with Gasteiger partial charge in [0.2, 0.25) is 5.91 Å². The van der Waals surface area contributed by atoms with Crippen LogP contribution >= 0.6 is 0 Å². The SMILES string of the molecule is Cc1cc(CS(=O)(=O)[C@H](C)C(=O)NCCc2ccccc2)on1. The second-order valence-electron chi connectivity index (χ2n) is 5.41. The van der Waals surface area contributed by atoms with E-state index in [0.717, 1.165) is 5.56 Å². The average Bonchev–Trinajstić information content (AvgIpc) is 2.91. The van der Waals surface area contributed by atoms with Crippen LogP contribution in [-0.4, -0.2) is 31.3 Å². The molecule has 0 spiro atoms. The number of hydrogen-bond acceptors (Lipinski definition) is 5. The number of nitrogens with zero attached hydrogens (tertiary/aromatic N) is 1. The molecule has 1 aromatic heterocycles. The van der Waals surface area contributed by atoms with Gasteiger partial charge in [0.1, 0.15) is 11.0 Å². The second-order valence-corrected chi connectivity index (χ2v) is 7.73. The molecule has 1 N–H and O–H groups in total. The molecule has 2 aromatic rings. The molecule has 1 heterocycles. The zero-order valence-corrected chi connectivity index (χ0v) is 14.0. The van der Waals surface area contributed by atoms with Gasteiger partial charge in [-0.15, -0.1) is 0 Å². The Balaban J connectivity index is 1.88. The van der Waals surface area contributed by atoms with Crippen molar-refractivity contribution >= 4 is 15.7 Å². The fraction of sp³-hybridized carbons (Fsp3) is 0.375. The molecule has 0 aliphatic carbocycles. The number of benzene rings is 1. The molecule has 0 saturated heterocycles. The van der Waals surface area contributed by atoms with Gasteiger partial charge >= 0.3 is 0 Å². The highest BCUT2D eigenvalue weighted by Gasteiger charge is 2.29. The summed E-state index contributed by atoms with van der Waals surface area (Å²) in [6.45, 7) is 3.49. The Labute approximate surface area is 135 Å². The van der Waals surface area contributed by atoms with Crippen LogP contribution in [0.3, 0.4) is 0 Å². The largest absolute Gasteiger partial charge is 0.360 e. The number of aryl methyl sites for hydroxylation is 1. The molecular weight excluding hydrogens is 316 g/mol.